The second-order valence-electron chi connectivity index (χ2n) is 9.91. The van der Waals surface area contributed by atoms with Crippen molar-refractivity contribution in [1.29, 1.82) is 0 Å². The standard InChI is InChI=1S/C33H29ClN4O2/c1-24-30(20-25-10-4-2-5-11-25)32(39)38-23-36(21-26-12-8-9-15-31(26)34)22-37(33(38)35-24)27-16-18-29(19-17-27)40-28-13-6-3-7-14-28/h2-19H,20-23H2,1H3. The van der Waals surface area contributed by atoms with Crippen LogP contribution in [0.5, 0.6) is 11.5 Å². The molecule has 1 aromatic heterocycles. The molecule has 0 saturated heterocycles. The van der Waals surface area contributed by atoms with E-state index >= 15 is 0 Å². The highest BCUT2D eigenvalue weighted by Crippen LogP contribution is 2.31. The van der Waals surface area contributed by atoms with Gasteiger partial charge >= 0.3 is 0 Å². The molecule has 0 radical (unpaired) electrons. The molecule has 5 aromatic rings. The minimum atomic E-state index is -0.0238. The highest BCUT2D eigenvalue weighted by Gasteiger charge is 2.28. The van der Waals surface area contributed by atoms with Crippen molar-refractivity contribution in [1.82, 2.24) is 14.5 Å². The summed E-state index contributed by atoms with van der Waals surface area (Å²) in [5.74, 6) is 2.14. The van der Waals surface area contributed by atoms with E-state index in [4.69, 9.17) is 21.3 Å². The minimum absolute atomic E-state index is 0.0238. The molecule has 0 amide bonds. The molecular weight excluding hydrogens is 520 g/mol. The average Bonchev–Trinajstić information content (AvgIpc) is 2.98. The lowest BCUT2D eigenvalue weighted by Gasteiger charge is -2.38. The van der Waals surface area contributed by atoms with Crippen LogP contribution in [0.1, 0.15) is 22.4 Å². The summed E-state index contributed by atoms with van der Waals surface area (Å²) in [6, 6.07) is 35.4. The Morgan fingerprint density at radius 3 is 2.17 bits per heavy atom. The highest BCUT2D eigenvalue weighted by molar-refractivity contribution is 6.31. The fourth-order valence-electron chi connectivity index (χ4n) is 5.01. The van der Waals surface area contributed by atoms with Crippen LogP contribution in [0.25, 0.3) is 0 Å². The van der Waals surface area contributed by atoms with Gasteiger partial charge in [-0.15, -0.1) is 0 Å². The molecule has 6 nitrogen and oxygen atoms in total. The number of ether oxygens (including phenoxy) is 1. The number of rotatable bonds is 7. The number of aryl methyl sites for hydroxylation is 1. The van der Waals surface area contributed by atoms with Crippen LogP contribution < -0.4 is 15.2 Å². The Hall–Kier alpha value is -4.39. The van der Waals surface area contributed by atoms with Gasteiger partial charge in [0.2, 0.25) is 5.95 Å². The van der Waals surface area contributed by atoms with E-state index in [-0.39, 0.29) is 5.56 Å². The second kappa shape index (κ2) is 11.4. The predicted octanol–water partition coefficient (Wildman–Crippen LogP) is 7.16. The Morgan fingerprint density at radius 2 is 1.45 bits per heavy atom. The Morgan fingerprint density at radius 1 is 0.800 bits per heavy atom. The number of hydrogen-bond donors (Lipinski definition) is 0. The van der Waals surface area contributed by atoms with Crippen LogP contribution in [0.4, 0.5) is 11.6 Å². The molecule has 0 N–H and O–H groups in total. The maximum atomic E-state index is 14.0. The fraction of sp³-hybridized carbons (Fsp3) is 0.152. The minimum Gasteiger partial charge on any atom is -0.457 e. The molecule has 0 saturated carbocycles. The Kier molecular flexibility index (Phi) is 7.36. The van der Waals surface area contributed by atoms with Crippen molar-refractivity contribution in [3.8, 4) is 11.5 Å². The number of halogens is 1. The topological polar surface area (TPSA) is 50.6 Å². The van der Waals surface area contributed by atoms with Crippen molar-refractivity contribution in [2.24, 2.45) is 0 Å². The van der Waals surface area contributed by atoms with E-state index in [0.29, 0.717) is 42.8 Å². The van der Waals surface area contributed by atoms with Crippen molar-refractivity contribution < 1.29 is 4.74 Å². The molecule has 40 heavy (non-hydrogen) atoms. The van der Waals surface area contributed by atoms with Gasteiger partial charge in [-0.1, -0.05) is 78.3 Å². The molecule has 1 aliphatic heterocycles. The molecule has 2 heterocycles. The first-order valence-electron chi connectivity index (χ1n) is 13.3. The van der Waals surface area contributed by atoms with Gasteiger partial charge in [0.05, 0.1) is 19.0 Å². The van der Waals surface area contributed by atoms with Crippen LogP contribution in [-0.4, -0.2) is 21.1 Å². The molecule has 0 unspecified atom stereocenters. The summed E-state index contributed by atoms with van der Waals surface area (Å²) < 4.78 is 7.78. The summed E-state index contributed by atoms with van der Waals surface area (Å²) in [6.45, 7) is 3.49. The summed E-state index contributed by atoms with van der Waals surface area (Å²) >= 11 is 6.51. The van der Waals surface area contributed by atoms with Crippen LogP contribution in [-0.2, 0) is 19.6 Å². The maximum Gasteiger partial charge on any atom is 0.259 e. The predicted molar refractivity (Wildman–Crippen MR) is 159 cm³/mol. The van der Waals surface area contributed by atoms with E-state index in [0.717, 1.165) is 34.0 Å². The average molecular weight is 549 g/mol. The molecular formula is C33H29ClN4O2. The second-order valence-corrected chi connectivity index (χ2v) is 10.3. The van der Waals surface area contributed by atoms with E-state index in [1.54, 1.807) is 4.57 Å². The third kappa shape index (κ3) is 5.50. The molecule has 0 aliphatic carbocycles. The zero-order valence-electron chi connectivity index (χ0n) is 22.2. The Bertz CT molecular complexity index is 1670. The SMILES string of the molecule is Cc1nc2n(c(=O)c1Cc1ccccc1)CN(Cc1ccccc1Cl)CN2c1ccc(Oc2ccccc2)cc1. The first-order chi connectivity index (χ1) is 19.5. The van der Waals surface area contributed by atoms with Gasteiger partial charge in [0, 0.05) is 29.2 Å². The lowest BCUT2D eigenvalue weighted by molar-refractivity contribution is 0.190. The van der Waals surface area contributed by atoms with Crippen molar-refractivity contribution >= 4 is 23.2 Å². The van der Waals surface area contributed by atoms with E-state index in [9.17, 15) is 4.79 Å². The van der Waals surface area contributed by atoms with Crippen LogP contribution >= 0.6 is 11.6 Å². The number of fused-ring (bicyclic) bond motifs is 1. The van der Waals surface area contributed by atoms with Crippen LogP contribution in [0.15, 0.2) is 114 Å². The molecule has 4 aromatic carbocycles. The smallest absolute Gasteiger partial charge is 0.259 e. The van der Waals surface area contributed by atoms with E-state index in [1.165, 1.54) is 0 Å². The number of aromatic nitrogens is 2. The third-order valence-electron chi connectivity index (χ3n) is 7.08. The van der Waals surface area contributed by atoms with Crippen molar-refractivity contribution in [2.75, 3.05) is 11.6 Å². The highest BCUT2D eigenvalue weighted by atomic mass is 35.5. The Balaban J connectivity index is 1.37. The van der Waals surface area contributed by atoms with Crippen LogP contribution in [0.3, 0.4) is 0 Å². The zero-order valence-corrected chi connectivity index (χ0v) is 23.0. The number of para-hydroxylation sites is 1. The Labute approximate surface area is 238 Å². The quantitative estimate of drug-likeness (QED) is 0.216. The monoisotopic (exact) mass is 548 g/mol. The molecule has 0 spiro atoms. The van der Waals surface area contributed by atoms with Gasteiger partial charge in [-0.2, -0.15) is 0 Å². The van der Waals surface area contributed by atoms with Crippen molar-refractivity contribution in [2.45, 2.75) is 26.6 Å². The molecule has 0 atom stereocenters. The summed E-state index contributed by atoms with van der Waals surface area (Å²) in [5, 5.41) is 0.710. The third-order valence-corrected chi connectivity index (χ3v) is 7.44. The zero-order chi connectivity index (χ0) is 27.5. The molecule has 6 rings (SSSR count). The maximum absolute atomic E-state index is 14.0. The van der Waals surface area contributed by atoms with Crippen molar-refractivity contribution in [3.05, 3.63) is 147 Å². The first kappa shape index (κ1) is 25.9. The van der Waals surface area contributed by atoms with Gasteiger partial charge in [-0.3, -0.25) is 19.2 Å². The van der Waals surface area contributed by atoms with Crippen molar-refractivity contribution in [3.63, 3.8) is 0 Å². The lowest BCUT2D eigenvalue weighted by Crippen LogP contribution is -2.47. The van der Waals surface area contributed by atoms with Gasteiger partial charge in [-0.25, -0.2) is 4.98 Å². The summed E-state index contributed by atoms with van der Waals surface area (Å²) in [4.78, 5) is 23.2. The van der Waals surface area contributed by atoms with Gasteiger partial charge < -0.3 is 4.74 Å². The number of nitrogens with zero attached hydrogens (tertiary/aromatic N) is 4. The number of hydrogen-bond acceptors (Lipinski definition) is 5. The molecule has 0 bridgehead atoms. The van der Waals surface area contributed by atoms with Gasteiger partial charge in [0.1, 0.15) is 11.5 Å². The number of benzene rings is 4. The summed E-state index contributed by atoms with van der Waals surface area (Å²) in [5.41, 5.74) is 4.44. The molecule has 0 fully saturated rings. The van der Waals surface area contributed by atoms with Crippen LogP contribution in [0, 0.1) is 6.92 Å². The number of anilines is 2. The summed E-state index contributed by atoms with van der Waals surface area (Å²) in [6.07, 6.45) is 0.537. The normalized spacial score (nSPS) is 13.2. The van der Waals surface area contributed by atoms with Crippen LogP contribution in [0.2, 0.25) is 5.02 Å². The molecule has 1 aliphatic rings. The van der Waals surface area contributed by atoms with Gasteiger partial charge in [0.15, 0.2) is 0 Å². The van der Waals surface area contributed by atoms with E-state index < -0.39 is 0 Å². The molecule has 200 valence electrons. The first-order valence-corrected chi connectivity index (χ1v) is 13.6. The largest absolute Gasteiger partial charge is 0.457 e. The van der Waals surface area contributed by atoms with Gasteiger partial charge in [0.25, 0.3) is 5.56 Å². The summed E-state index contributed by atoms with van der Waals surface area (Å²) in [7, 11) is 0. The van der Waals surface area contributed by atoms with E-state index in [2.05, 4.69) is 9.80 Å². The molecule has 7 heteroatoms. The van der Waals surface area contributed by atoms with Gasteiger partial charge in [-0.05, 0) is 60.5 Å². The fourth-order valence-corrected chi connectivity index (χ4v) is 5.21. The van der Waals surface area contributed by atoms with E-state index in [1.807, 2.05) is 116 Å². The lowest BCUT2D eigenvalue weighted by atomic mass is 10.1.